The minimum Gasteiger partial charge on any atom is -0.342 e. The van der Waals surface area contributed by atoms with Crippen molar-refractivity contribution in [1.29, 1.82) is 0 Å². The fourth-order valence-electron chi connectivity index (χ4n) is 1.95. The molecule has 1 aliphatic rings. The van der Waals surface area contributed by atoms with Crippen LogP contribution in [-0.4, -0.2) is 47.1 Å². The Morgan fingerprint density at radius 1 is 1.41 bits per heavy atom. The molecule has 2 rings (SSSR count). The molecule has 17 heavy (non-hydrogen) atoms. The zero-order chi connectivity index (χ0) is 11.9. The van der Waals surface area contributed by atoms with Crippen LogP contribution in [-0.2, 0) is 11.2 Å². The number of hydrogen-bond acceptors (Lipinski definition) is 5. The third-order valence-electron chi connectivity index (χ3n) is 2.91. The van der Waals surface area contributed by atoms with Crippen LogP contribution in [0.25, 0.3) is 0 Å². The normalized spacial score (nSPS) is 16.1. The first kappa shape index (κ1) is 12.0. The summed E-state index contributed by atoms with van der Waals surface area (Å²) in [5.41, 5.74) is 0. The zero-order valence-corrected chi connectivity index (χ0v) is 9.89. The predicted molar refractivity (Wildman–Crippen MR) is 61.3 cm³/mol. The number of amides is 1. The summed E-state index contributed by atoms with van der Waals surface area (Å²) >= 11 is 0. The van der Waals surface area contributed by atoms with Gasteiger partial charge in [-0.25, -0.2) is 0 Å². The number of carbonyl (C=O) groups excluding carboxylic acids is 1. The highest BCUT2D eigenvalue weighted by Crippen LogP contribution is 2.08. The first-order chi connectivity index (χ1) is 8.36. The van der Waals surface area contributed by atoms with Gasteiger partial charge in [0.25, 0.3) is 0 Å². The van der Waals surface area contributed by atoms with E-state index in [1.54, 1.807) is 0 Å². The predicted octanol–water partition coefficient (Wildman–Crippen LogP) is 0.214. The molecule has 1 aromatic heterocycles. The molecule has 1 N–H and O–H groups in total. The molecule has 0 unspecified atom stereocenters. The summed E-state index contributed by atoms with van der Waals surface area (Å²) in [6.45, 7) is 2.89. The molecule has 1 fully saturated rings. The van der Waals surface area contributed by atoms with Crippen LogP contribution in [0.1, 0.15) is 25.2 Å². The lowest BCUT2D eigenvalue weighted by atomic mass is 10.1. The number of nitrogens with zero attached hydrogens (tertiary/aromatic N) is 3. The molecule has 0 atom stereocenters. The van der Waals surface area contributed by atoms with Crippen LogP contribution < -0.4 is 5.32 Å². The number of aromatic nitrogens is 2. The summed E-state index contributed by atoms with van der Waals surface area (Å²) < 4.78 is 4.86. The SMILES string of the molecule is O=C(CNCCc1ncno1)N1CCCCC1. The number of carbonyl (C=O) groups is 1. The molecule has 2 heterocycles. The Balaban J connectivity index is 1.59. The molecule has 94 valence electrons. The van der Waals surface area contributed by atoms with Gasteiger partial charge in [0.15, 0.2) is 6.33 Å². The van der Waals surface area contributed by atoms with Gasteiger partial charge in [-0.3, -0.25) is 4.79 Å². The zero-order valence-electron chi connectivity index (χ0n) is 9.89. The molecule has 1 saturated heterocycles. The molecule has 1 aliphatic heterocycles. The van der Waals surface area contributed by atoms with Crippen molar-refractivity contribution in [2.75, 3.05) is 26.2 Å². The lowest BCUT2D eigenvalue weighted by molar-refractivity contribution is -0.131. The van der Waals surface area contributed by atoms with E-state index in [4.69, 9.17) is 4.52 Å². The van der Waals surface area contributed by atoms with Gasteiger partial charge < -0.3 is 14.7 Å². The van der Waals surface area contributed by atoms with Crippen molar-refractivity contribution in [2.24, 2.45) is 0 Å². The molecular formula is C11H18N4O2. The maximum Gasteiger partial charge on any atom is 0.236 e. The molecule has 0 bridgehead atoms. The summed E-state index contributed by atoms with van der Waals surface area (Å²) in [5.74, 6) is 0.790. The van der Waals surface area contributed by atoms with E-state index in [1.165, 1.54) is 12.7 Å². The quantitative estimate of drug-likeness (QED) is 0.743. The monoisotopic (exact) mass is 238 g/mol. The summed E-state index contributed by atoms with van der Waals surface area (Å²) in [5, 5.41) is 6.62. The second-order valence-electron chi connectivity index (χ2n) is 4.20. The first-order valence-corrected chi connectivity index (χ1v) is 6.10. The van der Waals surface area contributed by atoms with Gasteiger partial charge in [-0.1, -0.05) is 5.16 Å². The highest BCUT2D eigenvalue weighted by atomic mass is 16.5. The molecule has 1 aromatic rings. The smallest absolute Gasteiger partial charge is 0.236 e. The lowest BCUT2D eigenvalue weighted by Gasteiger charge is -2.26. The number of piperidine rings is 1. The van der Waals surface area contributed by atoms with Crippen LogP contribution in [0, 0.1) is 0 Å². The van der Waals surface area contributed by atoms with Crippen molar-refractivity contribution in [3.8, 4) is 0 Å². The molecule has 0 radical (unpaired) electrons. The van der Waals surface area contributed by atoms with Gasteiger partial charge in [-0.05, 0) is 19.3 Å². The van der Waals surface area contributed by atoms with Crippen LogP contribution in [0.3, 0.4) is 0 Å². The Kier molecular flexibility index (Phi) is 4.49. The van der Waals surface area contributed by atoms with E-state index in [9.17, 15) is 4.79 Å². The molecular weight excluding hydrogens is 220 g/mol. The number of rotatable bonds is 5. The highest BCUT2D eigenvalue weighted by Gasteiger charge is 2.15. The number of nitrogens with one attached hydrogen (secondary N) is 1. The Morgan fingerprint density at radius 3 is 2.94 bits per heavy atom. The van der Waals surface area contributed by atoms with Crippen LogP contribution >= 0.6 is 0 Å². The van der Waals surface area contributed by atoms with Crippen molar-refractivity contribution in [1.82, 2.24) is 20.4 Å². The molecule has 0 aromatic carbocycles. The van der Waals surface area contributed by atoms with E-state index in [1.807, 2.05) is 4.90 Å². The van der Waals surface area contributed by atoms with E-state index in [2.05, 4.69) is 15.5 Å². The van der Waals surface area contributed by atoms with Gasteiger partial charge in [0.05, 0.1) is 6.54 Å². The average molecular weight is 238 g/mol. The molecule has 0 saturated carbocycles. The number of likely N-dealkylation sites (tertiary alicyclic amines) is 1. The van der Waals surface area contributed by atoms with Gasteiger partial charge in [-0.15, -0.1) is 0 Å². The minimum atomic E-state index is 0.190. The van der Waals surface area contributed by atoms with Crippen molar-refractivity contribution in [2.45, 2.75) is 25.7 Å². The fraction of sp³-hybridized carbons (Fsp3) is 0.727. The summed E-state index contributed by atoms with van der Waals surface area (Å²) in [6, 6.07) is 0. The van der Waals surface area contributed by atoms with Crippen LogP contribution in [0.2, 0.25) is 0 Å². The van der Waals surface area contributed by atoms with Gasteiger partial charge in [-0.2, -0.15) is 4.98 Å². The molecule has 0 spiro atoms. The molecule has 0 aliphatic carbocycles. The summed E-state index contributed by atoms with van der Waals surface area (Å²) in [4.78, 5) is 17.6. The minimum absolute atomic E-state index is 0.190. The Morgan fingerprint density at radius 2 is 2.24 bits per heavy atom. The van der Waals surface area contributed by atoms with Crippen molar-refractivity contribution >= 4 is 5.91 Å². The average Bonchev–Trinajstić information content (AvgIpc) is 2.88. The van der Waals surface area contributed by atoms with E-state index in [-0.39, 0.29) is 5.91 Å². The van der Waals surface area contributed by atoms with Crippen LogP contribution in [0.15, 0.2) is 10.9 Å². The van der Waals surface area contributed by atoms with Gasteiger partial charge >= 0.3 is 0 Å². The maximum atomic E-state index is 11.8. The van der Waals surface area contributed by atoms with Crippen molar-refractivity contribution < 1.29 is 9.32 Å². The van der Waals surface area contributed by atoms with Crippen LogP contribution in [0.4, 0.5) is 0 Å². The summed E-state index contributed by atoms with van der Waals surface area (Å²) in [6.07, 6.45) is 5.55. The van der Waals surface area contributed by atoms with E-state index in [0.717, 1.165) is 25.9 Å². The molecule has 1 amide bonds. The lowest BCUT2D eigenvalue weighted by Crippen LogP contribution is -2.41. The van der Waals surface area contributed by atoms with Gasteiger partial charge in [0, 0.05) is 26.1 Å². The highest BCUT2D eigenvalue weighted by molar-refractivity contribution is 5.78. The third-order valence-corrected chi connectivity index (χ3v) is 2.91. The molecule has 6 heteroatoms. The second-order valence-corrected chi connectivity index (χ2v) is 4.20. The second kappa shape index (κ2) is 6.34. The van der Waals surface area contributed by atoms with E-state index < -0.39 is 0 Å². The van der Waals surface area contributed by atoms with Crippen molar-refractivity contribution in [3.05, 3.63) is 12.2 Å². The van der Waals surface area contributed by atoms with E-state index in [0.29, 0.717) is 25.4 Å². The maximum absolute atomic E-state index is 11.8. The van der Waals surface area contributed by atoms with Crippen LogP contribution in [0.5, 0.6) is 0 Å². The van der Waals surface area contributed by atoms with Crippen molar-refractivity contribution in [3.63, 3.8) is 0 Å². The van der Waals surface area contributed by atoms with E-state index >= 15 is 0 Å². The standard InChI is InChI=1S/C11H18N4O2/c16-11(15-6-2-1-3-7-15)8-12-5-4-10-13-9-14-17-10/h9,12H,1-8H2. The Labute approximate surface area is 100 Å². The topological polar surface area (TPSA) is 71.3 Å². The Bertz CT molecular complexity index is 333. The first-order valence-electron chi connectivity index (χ1n) is 6.10. The molecule has 6 nitrogen and oxygen atoms in total. The van der Waals surface area contributed by atoms with Gasteiger partial charge in [0.2, 0.25) is 11.8 Å². The Hall–Kier alpha value is -1.43. The third kappa shape index (κ3) is 3.81. The fourth-order valence-corrected chi connectivity index (χ4v) is 1.95. The number of hydrogen-bond donors (Lipinski definition) is 1. The van der Waals surface area contributed by atoms with Gasteiger partial charge in [0.1, 0.15) is 0 Å². The summed E-state index contributed by atoms with van der Waals surface area (Å²) in [7, 11) is 0. The largest absolute Gasteiger partial charge is 0.342 e.